The van der Waals surface area contributed by atoms with Gasteiger partial charge in [-0.05, 0) is 30.7 Å². The van der Waals surface area contributed by atoms with Crippen molar-refractivity contribution in [3.63, 3.8) is 0 Å². The lowest BCUT2D eigenvalue weighted by Crippen LogP contribution is -1.95. The van der Waals surface area contributed by atoms with Crippen LogP contribution in [0, 0.1) is 0 Å². The smallest absolute Gasteiger partial charge is 0.119 e. The zero-order valence-electron chi connectivity index (χ0n) is 10.4. The van der Waals surface area contributed by atoms with Gasteiger partial charge in [0.25, 0.3) is 0 Å². The van der Waals surface area contributed by atoms with Crippen LogP contribution < -0.4 is 4.74 Å². The van der Waals surface area contributed by atoms with Gasteiger partial charge in [-0.15, -0.1) is 0 Å². The maximum absolute atomic E-state index is 5.62. The average Bonchev–Trinajstić information content (AvgIpc) is 2.77. The zero-order chi connectivity index (χ0) is 12.1. The van der Waals surface area contributed by atoms with Gasteiger partial charge in [-0.1, -0.05) is 13.3 Å². The van der Waals surface area contributed by atoms with E-state index in [-0.39, 0.29) is 0 Å². The van der Waals surface area contributed by atoms with Crippen LogP contribution >= 0.6 is 0 Å². The molecule has 0 radical (unpaired) electrons. The van der Waals surface area contributed by atoms with Crippen molar-refractivity contribution in [2.75, 3.05) is 6.61 Å². The predicted molar refractivity (Wildman–Crippen MR) is 69.0 cm³/mol. The van der Waals surface area contributed by atoms with Crippen molar-refractivity contribution in [3.8, 4) is 17.0 Å². The van der Waals surface area contributed by atoms with E-state index in [0.29, 0.717) is 0 Å². The van der Waals surface area contributed by atoms with Crippen LogP contribution in [0.3, 0.4) is 0 Å². The second-order valence-electron chi connectivity index (χ2n) is 4.15. The van der Waals surface area contributed by atoms with Crippen molar-refractivity contribution < 1.29 is 4.74 Å². The minimum atomic E-state index is 0.791. The highest BCUT2D eigenvalue weighted by Gasteiger charge is 2.01. The number of benzene rings is 1. The highest BCUT2D eigenvalue weighted by Crippen LogP contribution is 2.20. The first-order valence-corrected chi connectivity index (χ1v) is 6.01. The summed E-state index contributed by atoms with van der Waals surface area (Å²) in [6, 6.07) is 8.09. The lowest BCUT2D eigenvalue weighted by molar-refractivity contribution is 0.309. The molecule has 1 heterocycles. The molecule has 1 aromatic carbocycles. The maximum Gasteiger partial charge on any atom is 0.119 e. The number of rotatable bonds is 5. The molecule has 0 atom stereocenters. The predicted octanol–water partition coefficient (Wildman–Crippen LogP) is 3.27. The summed E-state index contributed by atoms with van der Waals surface area (Å²) in [5.74, 6) is 0.929. The molecular weight excluding hydrogens is 212 g/mol. The number of hydrogen-bond donors (Lipinski definition) is 0. The number of aryl methyl sites for hydroxylation is 1. The number of ether oxygens (including phenoxy) is 1. The molecule has 3 heteroatoms. The van der Waals surface area contributed by atoms with Gasteiger partial charge in [-0.2, -0.15) is 0 Å². The van der Waals surface area contributed by atoms with Gasteiger partial charge in [0.1, 0.15) is 5.75 Å². The van der Waals surface area contributed by atoms with Crippen LogP contribution in [0.15, 0.2) is 36.8 Å². The fourth-order valence-corrected chi connectivity index (χ4v) is 1.62. The van der Waals surface area contributed by atoms with E-state index in [2.05, 4.69) is 11.9 Å². The van der Waals surface area contributed by atoms with E-state index in [1.807, 2.05) is 42.1 Å². The number of imidazole rings is 1. The molecule has 17 heavy (non-hydrogen) atoms. The van der Waals surface area contributed by atoms with Gasteiger partial charge in [0.2, 0.25) is 0 Å². The Bertz CT molecular complexity index is 459. The first kappa shape index (κ1) is 11.7. The molecule has 2 aromatic rings. The minimum absolute atomic E-state index is 0.791. The molecule has 0 fully saturated rings. The Kier molecular flexibility index (Phi) is 3.81. The molecule has 2 rings (SSSR count). The van der Waals surface area contributed by atoms with Gasteiger partial charge in [0.05, 0.1) is 18.6 Å². The van der Waals surface area contributed by atoms with Gasteiger partial charge in [0, 0.05) is 18.8 Å². The number of unbranched alkanes of at least 4 members (excludes halogenated alkanes) is 1. The molecule has 3 nitrogen and oxygen atoms in total. The largest absolute Gasteiger partial charge is 0.494 e. The summed E-state index contributed by atoms with van der Waals surface area (Å²) >= 11 is 0. The Balaban J connectivity index is 2.02. The molecule has 0 amide bonds. The molecular formula is C14H18N2O. The standard InChI is InChI=1S/C14H18N2O/c1-3-4-9-17-13-7-5-12(6-8-13)14-10-16(2)11-15-14/h5-8,10-11H,3-4,9H2,1-2H3. The third kappa shape index (κ3) is 3.09. The van der Waals surface area contributed by atoms with Crippen LogP contribution in [0.25, 0.3) is 11.3 Å². The molecule has 0 saturated carbocycles. The fourth-order valence-electron chi connectivity index (χ4n) is 1.62. The van der Waals surface area contributed by atoms with Crippen LogP contribution in [0.2, 0.25) is 0 Å². The molecule has 90 valence electrons. The van der Waals surface area contributed by atoms with Crippen molar-refractivity contribution >= 4 is 0 Å². The third-order valence-electron chi connectivity index (χ3n) is 2.62. The summed E-state index contributed by atoms with van der Waals surface area (Å²) in [4.78, 5) is 4.31. The maximum atomic E-state index is 5.62. The van der Waals surface area contributed by atoms with Crippen molar-refractivity contribution in [1.29, 1.82) is 0 Å². The summed E-state index contributed by atoms with van der Waals surface area (Å²) in [6.45, 7) is 2.95. The van der Waals surface area contributed by atoms with Crippen LogP contribution in [-0.2, 0) is 7.05 Å². The molecule has 0 aliphatic rings. The second kappa shape index (κ2) is 5.53. The molecule has 0 bridgehead atoms. The Hall–Kier alpha value is -1.77. The summed E-state index contributed by atoms with van der Waals surface area (Å²) in [6.07, 6.45) is 6.07. The van der Waals surface area contributed by atoms with E-state index in [0.717, 1.165) is 36.5 Å². The topological polar surface area (TPSA) is 27.1 Å². The molecule has 0 spiro atoms. The lowest BCUT2D eigenvalue weighted by Gasteiger charge is -2.05. The minimum Gasteiger partial charge on any atom is -0.494 e. The molecule has 0 saturated heterocycles. The van der Waals surface area contributed by atoms with E-state index in [1.165, 1.54) is 0 Å². The average molecular weight is 230 g/mol. The second-order valence-corrected chi connectivity index (χ2v) is 4.15. The van der Waals surface area contributed by atoms with Crippen molar-refractivity contribution in [1.82, 2.24) is 9.55 Å². The SMILES string of the molecule is CCCCOc1ccc(-c2cn(C)cn2)cc1. The molecule has 0 N–H and O–H groups in total. The molecule has 0 unspecified atom stereocenters. The van der Waals surface area contributed by atoms with Crippen LogP contribution in [0.5, 0.6) is 5.75 Å². The van der Waals surface area contributed by atoms with Gasteiger partial charge in [-0.25, -0.2) is 4.98 Å². The van der Waals surface area contributed by atoms with E-state index in [9.17, 15) is 0 Å². The van der Waals surface area contributed by atoms with E-state index < -0.39 is 0 Å². The Morgan fingerprint density at radius 2 is 2.00 bits per heavy atom. The van der Waals surface area contributed by atoms with E-state index in [4.69, 9.17) is 4.74 Å². The number of nitrogens with zero attached hydrogens (tertiary/aromatic N) is 2. The summed E-state index contributed by atoms with van der Waals surface area (Å²) < 4.78 is 7.56. The van der Waals surface area contributed by atoms with Crippen molar-refractivity contribution in [3.05, 3.63) is 36.8 Å². The Morgan fingerprint density at radius 3 is 2.59 bits per heavy atom. The summed E-state index contributed by atoms with van der Waals surface area (Å²) in [5.41, 5.74) is 2.11. The Labute approximate surface area is 102 Å². The Morgan fingerprint density at radius 1 is 1.24 bits per heavy atom. The van der Waals surface area contributed by atoms with Crippen molar-refractivity contribution in [2.24, 2.45) is 7.05 Å². The first-order valence-electron chi connectivity index (χ1n) is 6.01. The highest BCUT2D eigenvalue weighted by molar-refractivity contribution is 5.59. The summed E-state index contributed by atoms with van der Waals surface area (Å²) in [5, 5.41) is 0. The van der Waals surface area contributed by atoms with Crippen molar-refractivity contribution in [2.45, 2.75) is 19.8 Å². The lowest BCUT2D eigenvalue weighted by atomic mass is 10.2. The zero-order valence-corrected chi connectivity index (χ0v) is 10.4. The van der Waals surface area contributed by atoms with Gasteiger partial charge in [-0.3, -0.25) is 0 Å². The number of hydrogen-bond acceptors (Lipinski definition) is 2. The highest BCUT2D eigenvalue weighted by atomic mass is 16.5. The van der Waals surface area contributed by atoms with Crippen LogP contribution in [0.1, 0.15) is 19.8 Å². The van der Waals surface area contributed by atoms with Gasteiger partial charge >= 0.3 is 0 Å². The molecule has 0 aliphatic carbocycles. The van der Waals surface area contributed by atoms with E-state index in [1.54, 1.807) is 6.33 Å². The van der Waals surface area contributed by atoms with Crippen LogP contribution in [0.4, 0.5) is 0 Å². The monoisotopic (exact) mass is 230 g/mol. The van der Waals surface area contributed by atoms with Gasteiger partial charge in [0.15, 0.2) is 0 Å². The summed E-state index contributed by atoms with van der Waals surface area (Å²) in [7, 11) is 1.97. The normalized spacial score (nSPS) is 10.5. The molecule has 0 aliphatic heterocycles. The fraction of sp³-hybridized carbons (Fsp3) is 0.357. The first-order chi connectivity index (χ1) is 8.29. The third-order valence-corrected chi connectivity index (χ3v) is 2.62. The number of aromatic nitrogens is 2. The van der Waals surface area contributed by atoms with Gasteiger partial charge < -0.3 is 9.30 Å². The quantitative estimate of drug-likeness (QED) is 0.737. The van der Waals surface area contributed by atoms with E-state index >= 15 is 0 Å². The van der Waals surface area contributed by atoms with Crippen LogP contribution in [-0.4, -0.2) is 16.2 Å². The molecule has 1 aromatic heterocycles.